The summed E-state index contributed by atoms with van der Waals surface area (Å²) in [7, 11) is 0. The van der Waals surface area contributed by atoms with Crippen molar-refractivity contribution in [2.45, 2.75) is 18.4 Å². The summed E-state index contributed by atoms with van der Waals surface area (Å²) in [6.45, 7) is -0.0141. The molecule has 2 N–H and O–H groups in total. The van der Waals surface area contributed by atoms with E-state index in [1.54, 1.807) is 78.9 Å². The Morgan fingerprint density at radius 1 is 0.882 bits per heavy atom. The first kappa shape index (κ1) is 23.3. The average molecular weight is 476 g/mol. The molecule has 3 aromatic carbocycles. The Morgan fingerprint density at radius 3 is 2.06 bits per heavy atom. The zero-order valence-corrected chi connectivity index (χ0v) is 18.9. The van der Waals surface area contributed by atoms with E-state index in [0.29, 0.717) is 16.1 Å². The summed E-state index contributed by atoms with van der Waals surface area (Å²) in [6, 6.07) is 23.3. The minimum absolute atomic E-state index is 0.0141. The van der Waals surface area contributed by atoms with E-state index in [9.17, 15) is 24.6 Å². The average Bonchev–Trinajstić information content (AvgIpc) is 3.09. The number of Topliss-reactive ketones (excluding diaryl/α,β-unsaturated/α-hetero) is 1. The number of carboxylic acid groups (broad SMARTS) is 1. The molecule has 1 saturated heterocycles. The van der Waals surface area contributed by atoms with E-state index in [4.69, 9.17) is 11.6 Å². The Labute approximate surface area is 201 Å². The van der Waals surface area contributed by atoms with Crippen molar-refractivity contribution in [2.24, 2.45) is 0 Å². The van der Waals surface area contributed by atoms with Gasteiger partial charge in [-0.3, -0.25) is 14.4 Å². The number of halogens is 1. The Bertz CT molecular complexity index is 1240. The van der Waals surface area contributed by atoms with Crippen LogP contribution in [-0.2, 0) is 14.4 Å². The maximum atomic E-state index is 13.2. The molecule has 3 aromatic rings. The first-order valence-corrected chi connectivity index (χ1v) is 11.1. The van der Waals surface area contributed by atoms with Crippen molar-refractivity contribution in [3.8, 4) is 0 Å². The molecule has 6 nitrogen and oxygen atoms in total. The molecule has 4 rings (SSSR count). The third-order valence-electron chi connectivity index (χ3n) is 5.88. The van der Waals surface area contributed by atoms with Crippen molar-refractivity contribution < 1.29 is 24.6 Å². The van der Waals surface area contributed by atoms with Crippen LogP contribution in [0.25, 0.3) is 5.76 Å². The van der Waals surface area contributed by atoms with Crippen molar-refractivity contribution in [2.75, 3.05) is 6.54 Å². The minimum atomic E-state index is -1.02. The Balaban J connectivity index is 1.83. The fourth-order valence-corrected chi connectivity index (χ4v) is 4.40. The summed E-state index contributed by atoms with van der Waals surface area (Å²) >= 11 is 6.05. The van der Waals surface area contributed by atoms with Gasteiger partial charge >= 0.3 is 5.97 Å². The fourth-order valence-electron chi connectivity index (χ4n) is 4.27. The number of aliphatic carboxylic acids is 1. The second-order valence-corrected chi connectivity index (χ2v) is 8.51. The van der Waals surface area contributed by atoms with Gasteiger partial charge in [-0.25, -0.2) is 0 Å². The maximum absolute atomic E-state index is 13.2. The smallest absolute Gasteiger partial charge is 0.304 e. The van der Waals surface area contributed by atoms with Gasteiger partial charge in [0.2, 0.25) is 0 Å². The predicted octanol–water partition coefficient (Wildman–Crippen LogP) is 5.02. The van der Waals surface area contributed by atoms with E-state index >= 15 is 0 Å². The third kappa shape index (κ3) is 4.72. The summed E-state index contributed by atoms with van der Waals surface area (Å²) < 4.78 is 0. The highest BCUT2D eigenvalue weighted by Crippen LogP contribution is 2.41. The largest absolute Gasteiger partial charge is 0.507 e. The molecule has 0 aliphatic carbocycles. The molecule has 1 aliphatic heterocycles. The van der Waals surface area contributed by atoms with Crippen LogP contribution in [0.5, 0.6) is 0 Å². The number of likely N-dealkylation sites (tertiary alicyclic amines) is 1. The van der Waals surface area contributed by atoms with Gasteiger partial charge in [0.25, 0.3) is 11.7 Å². The first-order chi connectivity index (χ1) is 16.4. The molecule has 0 spiro atoms. The number of hydrogen-bond acceptors (Lipinski definition) is 4. The lowest BCUT2D eigenvalue weighted by molar-refractivity contribution is -0.141. The monoisotopic (exact) mass is 475 g/mol. The van der Waals surface area contributed by atoms with E-state index in [1.165, 1.54) is 4.90 Å². The van der Waals surface area contributed by atoms with Crippen LogP contribution in [0.2, 0.25) is 5.02 Å². The molecule has 0 radical (unpaired) electrons. The first-order valence-electron chi connectivity index (χ1n) is 10.7. The number of aliphatic hydroxyl groups is 1. The minimum Gasteiger partial charge on any atom is -0.507 e. The van der Waals surface area contributed by atoms with E-state index < -0.39 is 29.6 Å². The van der Waals surface area contributed by atoms with Crippen molar-refractivity contribution in [3.05, 3.63) is 112 Å². The summed E-state index contributed by atoms with van der Waals surface area (Å²) in [5.74, 6) is -3.45. The van der Waals surface area contributed by atoms with Crippen molar-refractivity contribution in [1.29, 1.82) is 0 Å². The van der Waals surface area contributed by atoms with Gasteiger partial charge in [-0.05, 0) is 23.3 Å². The molecule has 172 valence electrons. The zero-order valence-electron chi connectivity index (χ0n) is 18.1. The van der Waals surface area contributed by atoms with Crippen LogP contribution in [-0.4, -0.2) is 39.3 Å². The molecule has 34 heavy (non-hydrogen) atoms. The van der Waals surface area contributed by atoms with Crippen LogP contribution in [0, 0.1) is 0 Å². The zero-order chi connectivity index (χ0) is 24.2. The number of carbonyl (C=O) groups excluding carboxylic acids is 2. The van der Waals surface area contributed by atoms with Gasteiger partial charge in [0.15, 0.2) is 0 Å². The number of ketones is 1. The van der Waals surface area contributed by atoms with E-state index in [1.807, 2.05) is 6.07 Å². The maximum Gasteiger partial charge on any atom is 0.304 e. The highest BCUT2D eigenvalue weighted by atomic mass is 35.5. The number of benzene rings is 3. The van der Waals surface area contributed by atoms with Crippen LogP contribution in [0.4, 0.5) is 0 Å². The number of rotatable bonds is 7. The number of carbonyl (C=O) groups is 3. The molecule has 1 amide bonds. The van der Waals surface area contributed by atoms with Crippen LogP contribution in [0.1, 0.15) is 35.1 Å². The normalized spacial score (nSPS) is 18.1. The van der Waals surface area contributed by atoms with Gasteiger partial charge in [0.1, 0.15) is 5.76 Å². The molecule has 0 bridgehead atoms. The molecular formula is C27H22ClNO5. The standard InChI is InChI=1S/C27H22ClNO5/c28-21-13-11-18(12-14-21)24-23(25(32)19-9-5-2-6-10-19)26(33)27(34)29(24)16-20(15-22(30)31)17-7-3-1-4-8-17/h1-14,20,24,32H,15-16H2,(H,30,31)/t20-,24+/m1/s1. The Hall–Kier alpha value is -3.90. The molecule has 1 aliphatic rings. The SMILES string of the molecule is O=C(O)C[C@H](CN1C(=O)C(=O)C(=C(O)c2ccccc2)[C@@H]1c1ccc(Cl)cc1)c1ccccc1. The van der Waals surface area contributed by atoms with Gasteiger partial charge in [0, 0.05) is 23.0 Å². The molecule has 0 unspecified atom stereocenters. The summed E-state index contributed by atoms with van der Waals surface area (Å²) in [5.41, 5.74) is 1.69. The van der Waals surface area contributed by atoms with Crippen LogP contribution >= 0.6 is 11.6 Å². The number of hydrogen-bond donors (Lipinski definition) is 2. The number of amides is 1. The van der Waals surface area contributed by atoms with Gasteiger partial charge < -0.3 is 15.1 Å². The second kappa shape index (κ2) is 9.93. The summed E-state index contributed by atoms with van der Waals surface area (Å²) in [5, 5.41) is 21.1. The van der Waals surface area contributed by atoms with Crippen LogP contribution in [0.15, 0.2) is 90.5 Å². The number of carboxylic acids is 1. The molecule has 0 aromatic heterocycles. The van der Waals surface area contributed by atoms with Crippen molar-refractivity contribution in [3.63, 3.8) is 0 Å². The highest BCUT2D eigenvalue weighted by Gasteiger charge is 2.46. The van der Waals surface area contributed by atoms with E-state index in [-0.39, 0.29) is 24.3 Å². The molecular weight excluding hydrogens is 454 g/mol. The lowest BCUT2D eigenvalue weighted by Crippen LogP contribution is -2.34. The molecule has 0 saturated carbocycles. The third-order valence-corrected chi connectivity index (χ3v) is 6.13. The summed E-state index contributed by atoms with van der Waals surface area (Å²) in [6.07, 6.45) is -0.223. The van der Waals surface area contributed by atoms with Crippen LogP contribution in [0.3, 0.4) is 0 Å². The molecule has 2 atom stereocenters. The van der Waals surface area contributed by atoms with Crippen molar-refractivity contribution in [1.82, 2.24) is 4.90 Å². The lowest BCUT2D eigenvalue weighted by atomic mass is 9.92. The predicted molar refractivity (Wildman–Crippen MR) is 128 cm³/mol. The quantitative estimate of drug-likeness (QED) is 0.284. The van der Waals surface area contributed by atoms with Gasteiger partial charge in [-0.2, -0.15) is 0 Å². The van der Waals surface area contributed by atoms with Gasteiger partial charge in [-0.1, -0.05) is 84.4 Å². The lowest BCUT2D eigenvalue weighted by Gasteiger charge is -2.29. The topological polar surface area (TPSA) is 94.9 Å². The van der Waals surface area contributed by atoms with Gasteiger partial charge in [0.05, 0.1) is 18.0 Å². The Kier molecular flexibility index (Phi) is 6.80. The highest BCUT2D eigenvalue weighted by molar-refractivity contribution is 6.46. The van der Waals surface area contributed by atoms with Crippen LogP contribution < -0.4 is 0 Å². The fraction of sp³-hybridized carbons (Fsp3) is 0.148. The second-order valence-electron chi connectivity index (χ2n) is 8.07. The Morgan fingerprint density at radius 2 is 1.47 bits per heavy atom. The number of nitrogens with zero attached hydrogens (tertiary/aromatic N) is 1. The molecule has 7 heteroatoms. The number of aliphatic hydroxyl groups excluding tert-OH is 1. The molecule has 1 fully saturated rings. The van der Waals surface area contributed by atoms with E-state index in [0.717, 1.165) is 5.56 Å². The van der Waals surface area contributed by atoms with Crippen molar-refractivity contribution >= 4 is 35.0 Å². The van der Waals surface area contributed by atoms with Gasteiger partial charge in [-0.15, -0.1) is 0 Å². The summed E-state index contributed by atoms with van der Waals surface area (Å²) in [4.78, 5) is 39.3. The van der Waals surface area contributed by atoms with E-state index in [2.05, 4.69) is 0 Å². The molecule has 1 heterocycles.